The summed E-state index contributed by atoms with van der Waals surface area (Å²) in [7, 11) is 0. The topological polar surface area (TPSA) is 51.0 Å². The molecule has 0 bridgehead atoms. The van der Waals surface area contributed by atoms with Crippen LogP contribution in [0.15, 0.2) is 10.9 Å². The highest BCUT2D eigenvalue weighted by Gasteiger charge is 2.24. The van der Waals surface area contributed by atoms with E-state index < -0.39 is 0 Å². The van der Waals surface area contributed by atoms with Crippen molar-refractivity contribution in [2.75, 3.05) is 6.54 Å². The van der Waals surface area contributed by atoms with Gasteiger partial charge in [0.05, 0.1) is 0 Å². The summed E-state index contributed by atoms with van der Waals surface area (Å²) in [5.74, 6) is 2.45. The largest absolute Gasteiger partial charge is 0.343 e. The lowest BCUT2D eigenvalue weighted by atomic mass is 9.80. The van der Waals surface area contributed by atoms with E-state index in [0.29, 0.717) is 6.04 Å². The van der Waals surface area contributed by atoms with Crippen molar-refractivity contribution in [3.63, 3.8) is 0 Å². The maximum atomic E-state index is 4.71. The molecule has 1 aliphatic carbocycles. The minimum atomic E-state index is 0.663. The molecular weight excluding hydrogens is 202 g/mol. The van der Waals surface area contributed by atoms with Crippen molar-refractivity contribution in [3.8, 4) is 0 Å². The summed E-state index contributed by atoms with van der Waals surface area (Å²) < 4.78 is 4.71. The van der Waals surface area contributed by atoms with E-state index in [9.17, 15) is 0 Å². The van der Waals surface area contributed by atoms with Crippen molar-refractivity contribution in [1.82, 2.24) is 15.5 Å². The van der Waals surface area contributed by atoms with Crippen LogP contribution >= 0.6 is 0 Å². The minimum Gasteiger partial charge on any atom is -0.343 e. The van der Waals surface area contributed by atoms with E-state index in [2.05, 4.69) is 29.3 Å². The molecule has 3 atom stereocenters. The van der Waals surface area contributed by atoms with Gasteiger partial charge in [0.1, 0.15) is 0 Å². The van der Waals surface area contributed by atoms with Crippen molar-refractivity contribution in [2.24, 2.45) is 11.8 Å². The highest BCUT2D eigenvalue weighted by molar-refractivity contribution is 4.84. The first-order valence-electron chi connectivity index (χ1n) is 6.24. The Morgan fingerprint density at radius 3 is 3.06 bits per heavy atom. The van der Waals surface area contributed by atoms with Crippen molar-refractivity contribution < 1.29 is 4.52 Å². The van der Waals surface area contributed by atoms with Gasteiger partial charge in [0.25, 0.3) is 0 Å². The summed E-state index contributed by atoms with van der Waals surface area (Å²) in [5, 5.41) is 7.43. The fourth-order valence-electron chi connectivity index (χ4n) is 2.49. The third-order valence-electron chi connectivity index (χ3n) is 3.62. The van der Waals surface area contributed by atoms with Crippen LogP contribution in [-0.4, -0.2) is 22.7 Å². The Balaban J connectivity index is 1.72. The van der Waals surface area contributed by atoms with Gasteiger partial charge in [-0.1, -0.05) is 25.4 Å². The molecule has 1 aromatic rings. The second-order valence-electron chi connectivity index (χ2n) is 5.05. The summed E-state index contributed by atoms with van der Waals surface area (Å²) in [6, 6.07) is 0.663. The second-order valence-corrected chi connectivity index (χ2v) is 5.05. The van der Waals surface area contributed by atoms with Crippen LogP contribution in [0.2, 0.25) is 0 Å². The molecule has 16 heavy (non-hydrogen) atoms. The second kappa shape index (κ2) is 5.43. The van der Waals surface area contributed by atoms with E-state index in [4.69, 9.17) is 4.52 Å². The van der Waals surface area contributed by atoms with E-state index in [1.54, 1.807) is 0 Å². The Morgan fingerprint density at radius 2 is 2.31 bits per heavy atom. The molecule has 90 valence electrons. The Bertz CT molecular complexity index is 299. The average Bonchev–Trinajstić information content (AvgIpc) is 2.76. The van der Waals surface area contributed by atoms with Gasteiger partial charge in [0.2, 0.25) is 6.39 Å². The van der Waals surface area contributed by atoms with Gasteiger partial charge < -0.3 is 9.84 Å². The summed E-state index contributed by atoms with van der Waals surface area (Å²) in [6.45, 7) is 5.64. The van der Waals surface area contributed by atoms with Crippen molar-refractivity contribution in [3.05, 3.63) is 12.2 Å². The highest BCUT2D eigenvalue weighted by Crippen LogP contribution is 2.28. The predicted molar refractivity (Wildman–Crippen MR) is 62.0 cm³/mol. The van der Waals surface area contributed by atoms with Crippen LogP contribution in [-0.2, 0) is 6.42 Å². The standard InChI is InChI=1S/C12H21N3O/c1-9-3-4-10(2)11(7-9)13-6-5-12-14-8-16-15-12/h8-11,13H,3-7H2,1-2H3. The van der Waals surface area contributed by atoms with E-state index >= 15 is 0 Å². The minimum absolute atomic E-state index is 0.663. The van der Waals surface area contributed by atoms with Gasteiger partial charge in [-0.25, -0.2) is 0 Å². The fraction of sp³-hybridized carbons (Fsp3) is 0.833. The number of aromatic nitrogens is 2. The summed E-state index contributed by atoms with van der Waals surface area (Å²) in [6.07, 6.45) is 6.27. The molecule has 3 unspecified atom stereocenters. The SMILES string of the molecule is CC1CCC(C)C(NCCc2ncon2)C1. The van der Waals surface area contributed by atoms with Gasteiger partial charge in [0, 0.05) is 19.0 Å². The van der Waals surface area contributed by atoms with E-state index in [1.807, 2.05) is 0 Å². The van der Waals surface area contributed by atoms with Crippen LogP contribution in [0.4, 0.5) is 0 Å². The van der Waals surface area contributed by atoms with E-state index in [1.165, 1.54) is 25.7 Å². The lowest BCUT2D eigenvalue weighted by Gasteiger charge is -2.33. The van der Waals surface area contributed by atoms with Crippen LogP contribution in [0, 0.1) is 11.8 Å². The lowest BCUT2D eigenvalue weighted by Crippen LogP contribution is -2.40. The monoisotopic (exact) mass is 223 g/mol. The van der Waals surface area contributed by atoms with Crippen LogP contribution in [0.5, 0.6) is 0 Å². The smallest absolute Gasteiger partial charge is 0.213 e. The van der Waals surface area contributed by atoms with Gasteiger partial charge in [-0.15, -0.1) is 0 Å². The molecule has 0 amide bonds. The maximum absolute atomic E-state index is 4.71. The normalized spacial score (nSPS) is 30.5. The molecule has 1 N–H and O–H groups in total. The summed E-state index contributed by atoms with van der Waals surface area (Å²) >= 11 is 0. The number of rotatable bonds is 4. The molecule has 1 heterocycles. The fourth-order valence-corrected chi connectivity index (χ4v) is 2.49. The molecule has 4 nitrogen and oxygen atoms in total. The van der Waals surface area contributed by atoms with Crippen molar-refractivity contribution in [1.29, 1.82) is 0 Å². The molecule has 1 aliphatic rings. The van der Waals surface area contributed by atoms with Crippen LogP contribution in [0.3, 0.4) is 0 Å². The van der Waals surface area contributed by atoms with Crippen LogP contribution in [0.25, 0.3) is 0 Å². The zero-order valence-electron chi connectivity index (χ0n) is 10.1. The number of hydrogen-bond donors (Lipinski definition) is 1. The first-order valence-corrected chi connectivity index (χ1v) is 6.24. The first-order chi connectivity index (χ1) is 7.75. The third-order valence-corrected chi connectivity index (χ3v) is 3.62. The Morgan fingerprint density at radius 1 is 1.44 bits per heavy atom. The molecule has 0 saturated heterocycles. The average molecular weight is 223 g/mol. The van der Waals surface area contributed by atoms with Crippen molar-refractivity contribution in [2.45, 2.75) is 45.6 Å². The molecule has 1 fully saturated rings. The predicted octanol–water partition coefficient (Wildman–Crippen LogP) is 2.03. The van der Waals surface area contributed by atoms with Gasteiger partial charge in [-0.2, -0.15) is 4.98 Å². The Labute approximate surface area is 96.8 Å². The van der Waals surface area contributed by atoms with Crippen LogP contribution in [0.1, 0.15) is 38.9 Å². The van der Waals surface area contributed by atoms with E-state index in [-0.39, 0.29) is 0 Å². The Hall–Kier alpha value is -0.900. The molecule has 2 rings (SSSR count). The molecule has 0 radical (unpaired) electrons. The summed E-state index contributed by atoms with van der Waals surface area (Å²) in [4.78, 5) is 4.02. The molecule has 1 saturated carbocycles. The lowest BCUT2D eigenvalue weighted by molar-refractivity contribution is 0.229. The third kappa shape index (κ3) is 3.04. The number of hydrogen-bond acceptors (Lipinski definition) is 4. The summed E-state index contributed by atoms with van der Waals surface area (Å²) in [5.41, 5.74) is 0. The van der Waals surface area contributed by atoms with Gasteiger partial charge >= 0.3 is 0 Å². The molecular formula is C12H21N3O. The van der Waals surface area contributed by atoms with Gasteiger partial charge in [-0.05, 0) is 24.7 Å². The zero-order valence-corrected chi connectivity index (χ0v) is 10.1. The van der Waals surface area contributed by atoms with Gasteiger partial charge in [-0.3, -0.25) is 0 Å². The van der Waals surface area contributed by atoms with Gasteiger partial charge in [0.15, 0.2) is 5.82 Å². The number of nitrogens with zero attached hydrogens (tertiary/aromatic N) is 2. The molecule has 0 spiro atoms. The van der Waals surface area contributed by atoms with Crippen LogP contribution < -0.4 is 5.32 Å². The van der Waals surface area contributed by atoms with E-state index in [0.717, 1.165) is 30.6 Å². The Kier molecular flexibility index (Phi) is 3.93. The first kappa shape index (κ1) is 11.6. The molecule has 0 aliphatic heterocycles. The van der Waals surface area contributed by atoms with Crippen molar-refractivity contribution >= 4 is 0 Å². The molecule has 1 aromatic heterocycles. The highest BCUT2D eigenvalue weighted by atomic mass is 16.5. The molecule has 4 heteroatoms. The number of nitrogens with one attached hydrogen (secondary N) is 1. The quantitative estimate of drug-likeness (QED) is 0.848. The molecule has 0 aromatic carbocycles. The zero-order chi connectivity index (χ0) is 11.4. The maximum Gasteiger partial charge on any atom is 0.213 e.